The van der Waals surface area contributed by atoms with Gasteiger partial charge in [0.15, 0.2) is 0 Å². The zero-order valence-corrected chi connectivity index (χ0v) is 14.2. The standard InChI is InChI=1S/C17H23BN2O3/c1-11(12-6-7-12)15(21)20-14-9-8-13(10-19-14)18-22-16(2,3)17(4,5)23-18/h8-10,12H,1,6-7H2,2-5H3,(H,19,20,21). The molecule has 1 aliphatic carbocycles. The molecule has 1 saturated heterocycles. The Labute approximate surface area is 137 Å². The van der Waals surface area contributed by atoms with E-state index in [1.54, 1.807) is 12.3 Å². The highest BCUT2D eigenvalue weighted by Crippen LogP contribution is 2.37. The van der Waals surface area contributed by atoms with Crippen LogP contribution < -0.4 is 10.8 Å². The Bertz CT molecular complexity index is 620. The van der Waals surface area contributed by atoms with Crippen molar-refractivity contribution < 1.29 is 14.1 Å². The minimum absolute atomic E-state index is 0.150. The van der Waals surface area contributed by atoms with Gasteiger partial charge in [0.25, 0.3) is 5.91 Å². The van der Waals surface area contributed by atoms with E-state index in [4.69, 9.17) is 9.31 Å². The Morgan fingerprint density at radius 1 is 1.26 bits per heavy atom. The lowest BCUT2D eigenvalue weighted by atomic mass is 9.80. The third-order valence-electron chi connectivity index (χ3n) is 4.92. The van der Waals surface area contributed by atoms with Gasteiger partial charge in [0.1, 0.15) is 5.82 Å². The van der Waals surface area contributed by atoms with Crippen molar-refractivity contribution in [2.45, 2.75) is 51.7 Å². The summed E-state index contributed by atoms with van der Waals surface area (Å²) < 4.78 is 12.0. The second-order valence-corrected chi connectivity index (χ2v) is 7.32. The second kappa shape index (κ2) is 5.46. The first-order valence-corrected chi connectivity index (χ1v) is 8.01. The maximum absolute atomic E-state index is 12.0. The van der Waals surface area contributed by atoms with Crippen LogP contribution in [0.5, 0.6) is 0 Å². The van der Waals surface area contributed by atoms with Crippen LogP contribution in [0.2, 0.25) is 0 Å². The van der Waals surface area contributed by atoms with Gasteiger partial charge in [-0.1, -0.05) is 12.6 Å². The minimum atomic E-state index is -0.446. The summed E-state index contributed by atoms with van der Waals surface area (Å²) in [5.41, 5.74) is 0.712. The highest BCUT2D eigenvalue weighted by molar-refractivity contribution is 6.62. The van der Waals surface area contributed by atoms with Crippen molar-refractivity contribution in [1.29, 1.82) is 0 Å². The molecule has 0 unspecified atom stereocenters. The smallest absolute Gasteiger partial charge is 0.399 e. The quantitative estimate of drug-likeness (QED) is 0.684. The van der Waals surface area contributed by atoms with Gasteiger partial charge in [-0.15, -0.1) is 0 Å². The second-order valence-electron chi connectivity index (χ2n) is 7.32. The van der Waals surface area contributed by atoms with E-state index in [9.17, 15) is 4.79 Å². The van der Waals surface area contributed by atoms with Crippen LogP contribution in [-0.4, -0.2) is 29.2 Å². The first kappa shape index (κ1) is 16.2. The molecule has 122 valence electrons. The predicted molar refractivity (Wildman–Crippen MR) is 90.4 cm³/mol. The normalized spacial score (nSPS) is 22.0. The number of carbonyl (C=O) groups excluding carboxylic acids is 1. The Kier molecular flexibility index (Phi) is 3.85. The number of hydrogen-bond donors (Lipinski definition) is 1. The SMILES string of the molecule is C=C(C(=O)Nc1ccc(B2OC(C)(C)C(C)(C)O2)cn1)C1CC1. The van der Waals surface area contributed by atoms with Gasteiger partial charge in [0, 0.05) is 17.2 Å². The van der Waals surface area contributed by atoms with E-state index in [-0.39, 0.29) is 17.1 Å². The molecule has 1 aromatic rings. The van der Waals surface area contributed by atoms with Gasteiger partial charge in [-0.05, 0) is 52.5 Å². The Morgan fingerprint density at radius 2 is 1.87 bits per heavy atom. The molecule has 0 bridgehead atoms. The van der Waals surface area contributed by atoms with Crippen molar-refractivity contribution in [1.82, 2.24) is 4.98 Å². The molecule has 0 radical (unpaired) electrons. The fourth-order valence-corrected chi connectivity index (χ4v) is 2.41. The van der Waals surface area contributed by atoms with Gasteiger partial charge < -0.3 is 14.6 Å². The molecule has 3 rings (SSSR count). The Morgan fingerprint density at radius 3 is 2.35 bits per heavy atom. The van der Waals surface area contributed by atoms with E-state index in [0.29, 0.717) is 17.3 Å². The third kappa shape index (κ3) is 3.19. The molecule has 23 heavy (non-hydrogen) atoms. The van der Waals surface area contributed by atoms with Crippen LogP contribution in [-0.2, 0) is 14.1 Å². The van der Waals surface area contributed by atoms with Crippen molar-refractivity contribution in [3.05, 3.63) is 30.5 Å². The summed E-state index contributed by atoms with van der Waals surface area (Å²) in [7, 11) is -0.446. The number of hydrogen-bond acceptors (Lipinski definition) is 4. The van der Waals surface area contributed by atoms with Crippen molar-refractivity contribution in [2.75, 3.05) is 5.32 Å². The fourth-order valence-electron chi connectivity index (χ4n) is 2.41. The van der Waals surface area contributed by atoms with Crippen LogP contribution in [0.15, 0.2) is 30.5 Å². The van der Waals surface area contributed by atoms with E-state index in [1.165, 1.54) is 0 Å². The number of carbonyl (C=O) groups is 1. The van der Waals surface area contributed by atoms with E-state index in [1.807, 2.05) is 33.8 Å². The number of amides is 1. The Balaban J connectivity index is 1.66. The molecule has 6 heteroatoms. The number of aromatic nitrogens is 1. The van der Waals surface area contributed by atoms with Crippen molar-refractivity contribution in [3.63, 3.8) is 0 Å². The molecule has 2 fully saturated rings. The van der Waals surface area contributed by atoms with Crippen LogP contribution in [0, 0.1) is 5.92 Å². The summed E-state index contributed by atoms with van der Waals surface area (Å²) >= 11 is 0. The lowest BCUT2D eigenvalue weighted by molar-refractivity contribution is -0.113. The monoisotopic (exact) mass is 314 g/mol. The highest BCUT2D eigenvalue weighted by Gasteiger charge is 2.51. The van der Waals surface area contributed by atoms with E-state index >= 15 is 0 Å². The van der Waals surface area contributed by atoms with E-state index < -0.39 is 7.12 Å². The summed E-state index contributed by atoms with van der Waals surface area (Å²) in [4.78, 5) is 16.3. The number of nitrogens with zero attached hydrogens (tertiary/aromatic N) is 1. The summed E-state index contributed by atoms with van der Waals surface area (Å²) in [6.45, 7) is 11.9. The van der Waals surface area contributed by atoms with Crippen molar-refractivity contribution >= 4 is 24.3 Å². The van der Waals surface area contributed by atoms with Gasteiger partial charge in [-0.3, -0.25) is 4.79 Å². The number of anilines is 1. The molecule has 0 atom stereocenters. The summed E-state index contributed by atoms with van der Waals surface area (Å²) in [5, 5.41) is 2.78. The first-order valence-electron chi connectivity index (χ1n) is 8.01. The number of pyridine rings is 1. The topological polar surface area (TPSA) is 60.5 Å². The molecule has 0 aromatic carbocycles. The van der Waals surface area contributed by atoms with Crippen LogP contribution in [0.25, 0.3) is 0 Å². The van der Waals surface area contributed by atoms with E-state index in [0.717, 1.165) is 18.3 Å². The van der Waals surface area contributed by atoms with Crippen molar-refractivity contribution in [3.8, 4) is 0 Å². The molecular weight excluding hydrogens is 291 g/mol. The molecule has 1 aromatic heterocycles. The van der Waals surface area contributed by atoms with Crippen LogP contribution >= 0.6 is 0 Å². The first-order chi connectivity index (χ1) is 10.7. The molecule has 1 N–H and O–H groups in total. The average molecular weight is 314 g/mol. The van der Waals surface area contributed by atoms with E-state index in [2.05, 4.69) is 16.9 Å². The molecule has 0 spiro atoms. The molecule has 2 aliphatic rings. The Hall–Kier alpha value is -1.66. The molecule has 1 saturated carbocycles. The lowest BCUT2D eigenvalue weighted by Gasteiger charge is -2.32. The summed E-state index contributed by atoms with van der Waals surface area (Å²) in [6, 6.07) is 3.63. The van der Waals surface area contributed by atoms with Gasteiger partial charge in [0.05, 0.1) is 11.2 Å². The predicted octanol–water partition coefficient (Wildman–Crippen LogP) is 2.29. The van der Waals surface area contributed by atoms with Gasteiger partial charge in [0.2, 0.25) is 0 Å². The zero-order valence-electron chi connectivity index (χ0n) is 14.2. The molecule has 1 amide bonds. The molecule has 2 heterocycles. The zero-order chi connectivity index (χ0) is 16.8. The third-order valence-corrected chi connectivity index (χ3v) is 4.92. The average Bonchev–Trinajstić information content (AvgIpc) is 3.27. The summed E-state index contributed by atoms with van der Waals surface area (Å²) in [5.74, 6) is 0.708. The van der Waals surface area contributed by atoms with Gasteiger partial charge >= 0.3 is 7.12 Å². The number of nitrogens with one attached hydrogen (secondary N) is 1. The molecular formula is C17H23BN2O3. The van der Waals surface area contributed by atoms with Gasteiger partial charge in [-0.25, -0.2) is 4.98 Å². The van der Waals surface area contributed by atoms with Crippen LogP contribution in [0.1, 0.15) is 40.5 Å². The van der Waals surface area contributed by atoms with Crippen molar-refractivity contribution in [2.24, 2.45) is 5.92 Å². The fraction of sp³-hybridized carbons (Fsp3) is 0.529. The van der Waals surface area contributed by atoms with Crippen LogP contribution in [0.3, 0.4) is 0 Å². The highest BCUT2D eigenvalue weighted by atomic mass is 16.7. The summed E-state index contributed by atoms with van der Waals surface area (Å²) in [6.07, 6.45) is 3.79. The molecule has 1 aliphatic heterocycles. The maximum Gasteiger partial charge on any atom is 0.496 e. The number of rotatable bonds is 4. The minimum Gasteiger partial charge on any atom is -0.399 e. The molecule has 5 nitrogen and oxygen atoms in total. The lowest BCUT2D eigenvalue weighted by Crippen LogP contribution is -2.41. The van der Waals surface area contributed by atoms with Crippen LogP contribution in [0.4, 0.5) is 5.82 Å². The van der Waals surface area contributed by atoms with Gasteiger partial charge in [-0.2, -0.15) is 0 Å². The maximum atomic E-state index is 12.0. The largest absolute Gasteiger partial charge is 0.496 e.